The molecule has 0 aromatic carbocycles. The highest BCUT2D eigenvalue weighted by Gasteiger charge is 2.20. The number of nitrogens with one attached hydrogen (secondary N) is 1. The molecule has 2 nitrogen and oxygen atoms in total. The zero-order chi connectivity index (χ0) is 11.4. The molecular weight excluding hydrogens is 264 g/mol. The van der Waals surface area contributed by atoms with E-state index in [0.717, 1.165) is 35.2 Å². The molecule has 1 aliphatic carbocycles. The summed E-state index contributed by atoms with van der Waals surface area (Å²) in [5, 5.41) is 3.51. The van der Waals surface area contributed by atoms with Crippen molar-refractivity contribution in [2.75, 3.05) is 6.54 Å². The van der Waals surface area contributed by atoms with Crippen LogP contribution in [0.2, 0.25) is 0 Å². The second-order valence-electron chi connectivity index (χ2n) is 4.87. The number of nitrogens with zero attached hydrogens (tertiary/aromatic N) is 1. The number of hydrogen-bond donors (Lipinski definition) is 1. The summed E-state index contributed by atoms with van der Waals surface area (Å²) in [5.41, 5.74) is 1.11. The van der Waals surface area contributed by atoms with Crippen molar-refractivity contribution >= 4 is 15.9 Å². The molecule has 0 bridgehead atoms. The third kappa shape index (κ3) is 3.56. The molecule has 1 saturated carbocycles. The molecule has 2 rings (SSSR count). The van der Waals surface area contributed by atoms with Crippen molar-refractivity contribution in [2.24, 2.45) is 11.8 Å². The van der Waals surface area contributed by atoms with Crippen molar-refractivity contribution in [3.8, 4) is 0 Å². The van der Waals surface area contributed by atoms with Crippen molar-refractivity contribution in [2.45, 2.75) is 32.7 Å². The van der Waals surface area contributed by atoms with Gasteiger partial charge < -0.3 is 5.32 Å². The molecule has 2 atom stereocenters. The lowest BCUT2D eigenvalue weighted by Gasteiger charge is -2.10. The molecule has 2 unspecified atom stereocenters. The predicted octanol–water partition coefficient (Wildman–Crippen LogP) is 3.37. The molecule has 1 N–H and O–H groups in total. The molecule has 0 spiro atoms. The first kappa shape index (κ1) is 12.1. The fourth-order valence-electron chi connectivity index (χ4n) is 2.46. The third-order valence-electron chi connectivity index (χ3n) is 3.32. The molecule has 1 aliphatic rings. The Hall–Kier alpha value is -0.410. The van der Waals surface area contributed by atoms with Gasteiger partial charge in [0.2, 0.25) is 0 Å². The van der Waals surface area contributed by atoms with Crippen LogP contribution >= 0.6 is 15.9 Å². The maximum Gasteiger partial charge on any atom is 0.106 e. The Balaban J connectivity index is 1.72. The highest BCUT2D eigenvalue weighted by atomic mass is 79.9. The normalized spacial score (nSPS) is 24.9. The molecule has 0 radical (unpaired) electrons. The van der Waals surface area contributed by atoms with Crippen molar-refractivity contribution < 1.29 is 0 Å². The number of rotatable bonds is 4. The Morgan fingerprint density at radius 1 is 1.44 bits per heavy atom. The Morgan fingerprint density at radius 3 is 3.00 bits per heavy atom. The summed E-state index contributed by atoms with van der Waals surface area (Å²) < 4.78 is 0.918. The van der Waals surface area contributed by atoms with Crippen LogP contribution in [0.4, 0.5) is 0 Å². The van der Waals surface area contributed by atoms with Crippen LogP contribution in [0.1, 0.15) is 31.9 Å². The highest BCUT2D eigenvalue weighted by Crippen LogP contribution is 2.29. The van der Waals surface area contributed by atoms with Gasteiger partial charge in [-0.3, -0.25) is 0 Å². The lowest BCUT2D eigenvalue weighted by molar-refractivity contribution is 0.469. The summed E-state index contributed by atoms with van der Waals surface area (Å²) in [6.07, 6.45) is 4.18. The van der Waals surface area contributed by atoms with Gasteiger partial charge >= 0.3 is 0 Å². The predicted molar refractivity (Wildman–Crippen MR) is 70.1 cm³/mol. The minimum Gasteiger partial charge on any atom is -0.311 e. The summed E-state index contributed by atoms with van der Waals surface area (Å²) in [6.45, 7) is 4.37. The van der Waals surface area contributed by atoms with Gasteiger partial charge in [-0.1, -0.05) is 19.4 Å². The van der Waals surface area contributed by atoms with Gasteiger partial charge in [0.05, 0.1) is 5.69 Å². The average Bonchev–Trinajstić information content (AvgIpc) is 2.64. The van der Waals surface area contributed by atoms with Crippen LogP contribution in [0.3, 0.4) is 0 Å². The van der Waals surface area contributed by atoms with Crippen LogP contribution < -0.4 is 5.32 Å². The topological polar surface area (TPSA) is 24.9 Å². The van der Waals surface area contributed by atoms with Crippen LogP contribution in [-0.4, -0.2) is 11.5 Å². The van der Waals surface area contributed by atoms with E-state index < -0.39 is 0 Å². The molecule has 1 heterocycles. The van der Waals surface area contributed by atoms with Crippen molar-refractivity contribution in [3.63, 3.8) is 0 Å². The molecule has 0 saturated heterocycles. The Kier molecular flexibility index (Phi) is 4.36. The zero-order valence-electron chi connectivity index (χ0n) is 9.75. The molecule has 16 heavy (non-hydrogen) atoms. The van der Waals surface area contributed by atoms with Gasteiger partial charge in [0, 0.05) is 6.54 Å². The number of aromatic nitrogens is 1. The quantitative estimate of drug-likeness (QED) is 0.857. The first-order valence-electron chi connectivity index (χ1n) is 6.06. The van der Waals surface area contributed by atoms with E-state index in [1.54, 1.807) is 0 Å². The van der Waals surface area contributed by atoms with Crippen LogP contribution in [-0.2, 0) is 6.54 Å². The van der Waals surface area contributed by atoms with Crippen LogP contribution in [0.25, 0.3) is 0 Å². The smallest absolute Gasteiger partial charge is 0.106 e. The summed E-state index contributed by atoms with van der Waals surface area (Å²) in [6, 6.07) is 6.06. The first-order chi connectivity index (χ1) is 7.74. The number of pyridine rings is 1. The van der Waals surface area contributed by atoms with Crippen molar-refractivity contribution in [3.05, 3.63) is 28.5 Å². The molecule has 0 amide bonds. The number of halogens is 1. The minimum absolute atomic E-state index is 0.877. The first-order valence-corrected chi connectivity index (χ1v) is 6.85. The molecule has 1 fully saturated rings. The molecule has 0 aliphatic heterocycles. The highest BCUT2D eigenvalue weighted by molar-refractivity contribution is 9.10. The summed E-state index contributed by atoms with van der Waals surface area (Å²) in [4.78, 5) is 4.41. The van der Waals surface area contributed by atoms with Gasteiger partial charge in [-0.15, -0.1) is 0 Å². The van der Waals surface area contributed by atoms with Crippen molar-refractivity contribution in [1.82, 2.24) is 10.3 Å². The van der Waals surface area contributed by atoms with E-state index in [2.05, 4.69) is 39.2 Å². The molecule has 1 aromatic rings. The third-order valence-corrected chi connectivity index (χ3v) is 3.76. The Labute approximate surface area is 106 Å². The van der Waals surface area contributed by atoms with Gasteiger partial charge in [0.25, 0.3) is 0 Å². The number of hydrogen-bond acceptors (Lipinski definition) is 2. The van der Waals surface area contributed by atoms with E-state index in [1.165, 1.54) is 19.3 Å². The second-order valence-corrected chi connectivity index (χ2v) is 5.68. The summed E-state index contributed by atoms with van der Waals surface area (Å²) in [5.74, 6) is 1.80. The van der Waals surface area contributed by atoms with Gasteiger partial charge in [-0.05, 0) is 59.3 Å². The maximum absolute atomic E-state index is 4.41. The lowest BCUT2D eigenvalue weighted by atomic mass is 10.1. The van der Waals surface area contributed by atoms with E-state index in [1.807, 2.05) is 12.1 Å². The fraction of sp³-hybridized carbons (Fsp3) is 0.615. The average molecular weight is 283 g/mol. The van der Waals surface area contributed by atoms with Crippen molar-refractivity contribution in [1.29, 1.82) is 0 Å². The Morgan fingerprint density at radius 2 is 2.31 bits per heavy atom. The largest absolute Gasteiger partial charge is 0.311 e. The maximum atomic E-state index is 4.41. The molecule has 88 valence electrons. The van der Waals surface area contributed by atoms with E-state index in [-0.39, 0.29) is 0 Å². The van der Waals surface area contributed by atoms with Crippen LogP contribution in [0, 0.1) is 11.8 Å². The van der Waals surface area contributed by atoms with E-state index in [9.17, 15) is 0 Å². The Bertz CT molecular complexity index is 340. The molecular formula is C13H19BrN2. The molecule has 3 heteroatoms. The van der Waals surface area contributed by atoms with Gasteiger partial charge in [0.15, 0.2) is 0 Å². The SMILES string of the molecule is CC1CCC(CNCc2cccc(Br)n2)C1. The van der Waals surface area contributed by atoms with Gasteiger partial charge in [-0.2, -0.15) is 0 Å². The van der Waals surface area contributed by atoms with E-state index >= 15 is 0 Å². The monoisotopic (exact) mass is 282 g/mol. The summed E-state index contributed by atoms with van der Waals surface area (Å²) in [7, 11) is 0. The standard InChI is InChI=1S/C13H19BrN2/c1-10-5-6-11(7-10)8-15-9-12-3-2-4-13(14)16-12/h2-4,10-11,15H,5-9H2,1H3. The van der Waals surface area contributed by atoms with Crippen LogP contribution in [0.5, 0.6) is 0 Å². The minimum atomic E-state index is 0.877. The van der Waals surface area contributed by atoms with Crippen LogP contribution in [0.15, 0.2) is 22.8 Å². The summed E-state index contributed by atoms with van der Waals surface area (Å²) >= 11 is 3.39. The second kappa shape index (κ2) is 5.78. The van der Waals surface area contributed by atoms with Gasteiger partial charge in [-0.25, -0.2) is 4.98 Å². The fourth-order valence-corrected chi connectivity index (χ4v) is 2.84. The molecule has 1 aromatic heterocycles. The van der Waals surface area contributed by atoms with Gasteiger partial charge in [0.1, 0.15) is 4.60 Å². The van der Waals surface area contributed by atoms with E-state index in [4.69, 9.17) is 0 Å². The van der Waals surface area contributed by atoms with E-state index in [0.29, 0.717) is 0 Å². The lowest BCUT2D eigenvalue weighted by Crippen LogP contribution is -2.21. The zero-order valence-corrected chi connectivity index (χ0v) is 11.3.